The molecule has 3 aromatic rings. The molecule has 170 valence electrons. The number of carbonyl (C=O) groups is 1. The van der Waals surface area contributed by atoms with Gasteiger partial charge in [0.05, 0.1) is 15.0 Å². The van der Waals surface area contributed by atoms with Crippen molar-refractivity contribution in [1.82, 2.24) is 4.90 Å². The van der Waals surface area contributed by atoms with E-state index in [-0.39, 0.29) is 11.6 Å². The lowest BCUT2D eigenvalue weighted by atomic mass is 10.2. The molecule has 33 heavy (non-hydrogen) atoms. The van der Waals surface area contributed by atoms with Crippen LogP contribution in [0.1, 0.15) is 5.76 Å². The Morgan fingerprint density at radius 1 is 1.03 bits per heavy atom. The summed E-state index contributed by atoms with van der Waals surface area (Å²) in [6.07, 6.45) is 3.04. The molecule has 1 aromatic heterocycles. The van der Waals surface area contributed by atoms with Gasteiger partial charge in [-0.25, -0.2) is 0 Å². The molecule has 1 amide bonds. The fourth-order valence-corrected chi connectivity index (χ4v) is 4.18. The highest BCUT2D eigenvalue weighted by atomic mass is 35.5. The Hall–Kier alpha value is -3.00. The molecule has 0 aliphatic carbocycles. The minimum Gasteiger partial charge on any atom is -0.457 e. The van der Waals surface area contributed by atoms with E-state index in [9.17, 15) is 14.9 Å². The van der Waals surface area contributed by atoms with E-state index in [1.54, 1.807) is 53.4 Å². The van der Waals surface area contributed by atoms with Crippen molar-refractivity contribution in [2.24, 2.45) is 0 Å². The summed E-state index contributed by atoms with van der Waals surface area (Å²) in [4.78, 5) is 27.1. The number of nitrogens with zero attached hydrogens (tertiary/aromatic N) is 3. The van der Waals surface area contributed by atoms with Gasteiger partial charge in [-0.3, -0.25) is 14.9 Å². The average molecular weight is 507 g/mol. The molecule has 0 radical (unpaired) electrons. The van der Waals surface area contributed by atoms with E-state index in [0.717, 1.165) is 0 Å². The van der Waals surface area contributed by atoms with Gasteiger partial charge in [-0.05, 0) is 42.5 Å². The number of rotatable bonds is 5. The Kier molecular flexibility index (Phi) is 6.93. The number of benzene rings is 2. The monoisotopic (exact) mass is 505 g/mol. The van der Waals surface area contributed by atoms with Crippen LogP contribution < -0.4 is 4.90 Å². The fraction of sp³-hybridized carbons (Fsp3) is 0.174. The maximum absolute atomic E-state index is 12.6. The zero-order valence-electron chi connectivity index (χ0n) is 17.2. The predicted molar refractivity (Wildman–Crippen MR) is 130 cm³/mol. The summed E-state index contributed by atoms with van der Waals surface area (Å²) in [5.74, 6) is 0.886. The first kappa shape index (κ1) is 23.2. The van der Waals surface area contributed by atoms with Gasteiger partial charge in [0.25, 0.3) is 5.69 Å². The van der Waals surface area contributed by atoms with E-state index in [4.69, 9.17) is 39.2 Å². The van der Waals surface area contributed by atoms with Crippen LogP contribution in [0, 0.1) is 10.1 Å². The molecular weight excluding hydrogens is 489 g/mol. The zero-order valence-corrected chi connectivity index (χ0v) is 19.5. The van der Waals surface area contributed by atoms with Crippen molar-refractivity contribution in [3.05, 3.63) is 85.5 Å². The standard InChI is InChI=1S/C23H18Cl3N3O4/c24-15-4-7-19(20(14-15)29(31)32)27-10-12-28(13-11-27)22(30)9-6-16-5-8-21(33-16)17-2-1-3-18(25)23(17)26/h1-9,14H,10-13H2. The quantitative estimate of drug-likeness (QED) is 0.235. The van der Waals surface area contributed by atoms with Gasteiger partial charge in [-0.2, -0.15) is 0 Å². The molecule has 2 heterocycles. The van der Waals surface area contributed by atoms with E-state index in [0.29, 0.717) is 64.0 Å². The van der Waals surface area contributed by atoms with Crippen molar-refractivity contribution < 1.29 is 14.1 Å². The average Bonchev–Trinajstić information content (AvgIpc) is 3.28. The van der Waals surface area contributed by atoms with E-state index in [2.05, 4.69) is 0 Å². The molecule has 0 bridgehead atoms. The summed E-state index contributed by atoms with van der Waals surface area (Å²) < 4.78 is 5.78. The normalized spacial score (nSPS) is 14.2. The minimum absolute atomic E-state index is 0.0457. The van der Waals surface area contributed by atoms with Crippen molar-refractivity contribution in [2.75, 3.05) is 31.1 Å². The molecule has 0 unspecified atom stereocenters. The molecule has 0 saturated carbocycles. The molecule has 0 N–H and O–H groups in total. The lowest BCUT2D eigenvalue weighted by molar-refractivity contribution is -0.384. The van der Waals surface area contributed by atoms with E-state index in [1.165, 1.54) is 12.1 Å². The Balaban J connectivity index is 1.39. The second-order valence-corrected chi connectivity index (χ2v) is 8.56. The largest absolute Gasteiger partial charge is 0.457 e. The van der Waals surface area contributed by atoms with Gasteiger partial charge in [0, 0.05) is 48.9 Å². The van der Waals surface area contributed by atoms with Crippen molar-refractivity contribution in [3.8, 4) is 11.3 Å². The number of piperazine rings is 1. The third kappa shape index (κ3) is 5.16. The van der Waals surface area contributed by atoms with Gasteiger partial charge < -0.3 is 14.2 Å². The van der Waals surface area contributed by atoms with Crippen LogP contribution in [0.15, 0.2) is 59.0 Å². The van der Waals surface area contributed by atoms with Crippen molar-refractivity contribution in [1.29, 1.82) is 0 Å². The van der Waals surface area contributed by atoms with Crippen molar-refractivity contribution in [2.45, 2.75) is 0 Å². The summed E-state index contributed by atoms with van der Waals surface area (Å²) in [5.41, 5.74) is 1.12. The van der Waals surface area contributed by atoms with E-state index >= 15 is 0 Å². The molecule has 1 aliphatic rings. The highest BCUT2D eigenvalue weighted by Crippen LogP contribution is 2.35. The molecule has 1 aliphatic heterocycles. The Morgan fingerprint density at radius 2 is 1.79 bits per heavy atom. The number of hydrogen-bond donors (Lipinski definition) is 0. The first-order valence-electron chi connectivity index (χ1n) is 10.0. The summed E-state index contributed by atoms with van der Waals surface area (Å²) >= 11 is 18.2. The first-order chi connectivity index (χ1) is 15.8. The van der Waals surface area contributed by atoms with Gasteiger partial charge in [0.1, 0.15) is 17.2 Å². The maximum atomic E-state index is 12.6. The molecule has 0 spiro atoms. The first-order valence-corrected chi connectivity index (χ1v) is 11.2. The Morgan fingerprint density at radius 3 is 2.52 bits per heavy atom. The Bertz CT molecular complexity index is 1230. The number of carbonyl (C=O) groups excluding carboxylic acids is 1. The van der Waals surface area contributed by atoms with Gasteiger partial charge in [-0.15, -0.1) is 0 Å². The maximum Gasteiger partial charge on any atom is 0.294 e. The van der Waals surface area contributed by atoms with Crippen LogP contribution in [0.4, 0.5) is 11.4 Å². The molecule has 1 saturated heterocycles. The number of hydrogen-bond acceptors (Lipinski definition) is 5. The van der Waals surface area contributed by atoms with Gasteiger partial charge in [0.2, 0.25) is 5.91 Å². The molecular formula is C23H18Cl3N3O4. The zero-order chi connectivity index (χ0) is 23.5. The number of nitro groups is 1. The second-order valence-electron chi connectivity index (χ2n) is 7.34. The molecule has 10 heteroatoms. The summed E-state index contributed by atoms with van der Waals surface area (Å²) in [6, 6.07) is 13.4. The van der Waals surface area contributed by atoms with Crippen LogP contribution in [0.3, 0.4) is 0 Å². The third-order valence-corrected chi connectivity index (χ3v) is 6.35. The SMILES string of the molecule is O=C(C=Cc1ccc(-c2cccc(Cl)c2Cl)o1)N1CCN(c2ccc(Cl)cc2[N+](=O)[O-])CC1. The van der Waals surface area contributed by atoms with Crippen molar-refractivity contribution >= 4 is 58.2 Å². The smallest absolute Gasteiger partial charge is 0.294 e. The van der Waals surface area contributed by atoms with Gasteiger partial charge >= 0.3 is 0 Å². The minimum atomic E-state index is -0.449. The number of halogens is 3. The van der Waals surface area contributed by atoms with Crippen molar-refractivity contribution in [3.63, 3.8) is 0 Å². The number of amides is 1. The van der Waals surface area contributed by atoms with E-state index in [1.807, 2.05) is 4.90 Å². The molecule has 4 rings (SSSR count). The molecule has 2 aromatic carbocycles. The third-order valence-electron chi connectivity index (χ3n) is 5.30. The predicted octanol–water partition coefficient (Wildman–Crippen LogP) is 6.18. The fourth-order valence-electron chi connectivity index (χ4n) is 3.62. The lowest BCUT2D eigenvalue weighted by Gasteiger charge is -2.35. The highest BCUT2D eigenvalue weighted by molar-refractivity contribution is 6.43. The van der Waals surface area contributed by atoms with Crippen LogP contribution in [-0.2, 0) is 4.79 Å². The van der Waals surface area contributed by atoms with Crippen LogP contribution in [0.2, 0.25) is 15.1 Å². The van der Waals surface area contributed by atoms with Crippen LogP contribution >= 0.6 is 34.8 Å². The summed E-state index contributed by atoms with van der Waals surface area (Å²) in [7, 11) is 0. The molecule has 0 atom stereocenters. The lowest BCUT2D eigenvalue weighted by Crippen LogP contribution is -2.48. The second kappa shape index (κ2) is 9.87. The van der Waals surface area contributed by atoms with Crippen LogP contribution in [-0.4, -0.2) is 41.9 Å². The van der Waals surface area contributed by atoms with Gasteiger partial charge in [0.15, 0.2) is 0 Å². The van der Waals surface area contributed by atoms with Crippen LogP contribution in [0.5, 0.6) is 0 Å². The van der Waals surface area contributed by atoms with Gasteiger partial charge in [-0.1, -0.05) is 40.9 Å². The molecule has 1 fully saturated rings. The summed E-state index contributed by atoms with van der Waals surface area (Å²) in [6.45, 7) is 1.81. The Labute approximate surface area is 204 Å². The van der Waals surface area contributed by atoms with Crippen LogP contribution in [0.25, 0.3) is 17.4 Å². The highest BCUT2D eigenvalue weighted by Gasteiger charge is 2.25. The molecule has 7 nitrogen and oxygen atoms in total. The number of nitro benzene ring substituents is 1. The topological polar surface area (TPSA) is 79.8 Å². The van der Waals surface area contributed by atoms with E-state index < -0.39 is 4.92 Å². The number of anilines is 1. The summed E-state index contributed by atoms with van der Waals surface area (Å²) in [5, 5.41) is 12.5. The number of furan rings is 1.